The van der Waals surface area contributed by atoms with Gasteiger partial charge in [0.1, 0.15) is 11.5 Å². The zero-order valence-corrected chi connectivity index (χ0v) is 24.8. The highest BCUT2D eigenvalue weighted by Crippen LogP contribution is 2.33. The monoisotopic (exact) mass is 734 g/mol. The van der Waals surface area contributed by atoms with Crippen molar-refractivity contribution in [3.8, 4) is 11.5 Å². The fourth-order valence-corrected chi connectivity index (χ4v) is 5.88. The number of esters is 1. The minimum absolute atomic E-state index is 0.235. The molecule has 1 aliphatic heterocycles. The first-order valence-corrected chi connectivity index (χ1v) is 13.3. The van der Waals surface area contributed by atoms with Gasteiger partial charge in [0.2, 0.25) is 0 Å². The first-order chi connectivity index (χ1) is 17.2. The quantitative estimate of drug-likeness (QED) is 0.118. The van der Waals surface area contributed by atoms with E-state index in [9.17, 15) is 9.59 Å². The number of hydrogen-bond acceptors (Lipinski definition) is 7. The predicted molar refractivity (Wildman–Crippen MR) is 157 cm³/mol. The van der Waals surface area contributed by atoms with Crippen molar-refractivity contribution in [1.29, 1.82) is 0 Å². The van der Waals surface area contributed by atoms with Crippen molar-refractivity contribution < 1.29 is 23.8 Å². The molecule has 0 saturated carbocycles. The van der Waals surface area contributed by atoms with E-state index in [-0.39, 0.29) is 13.2 Å². The van der Waals surface area contributed by atoms with E-state index in [1.165, 1.54) is 6.21 Å². The summed E-state index contributed by atoms with van der Waals surface area (Å²) in [5.74, 6) is 0.172. The van der Waals surface area contributed by atoms with Crippen molar-refractivity contribution >= 4 is 80.6 Å². The van der Waals surface area contributed by atoms with Crippen LogP contribution in [0.25, 0.3) is 0 Å². The molecule has 3 rings (SSSR count). The number of carbonyl (C=O) groups excluding carboxylic acids is 2. The Hall–Kier alpha value is -2.46. The first-order valence-electron chi connectivity index (χ1n) is 10.8. The van der Waals surface area contributed by atoms with Crippen LogP contribution in [0.15, 0.2) is 52.8 Å². The lowest BCUT2D eigenvalue weighted by molar-refractivity contribution is -0.139. The van der Waals surface area contributed by atoms with Gasteiger partial charge in [-0.25, -0.2) is 10.2 Å². The lowest BCUT2D eigenvalue weighted by Crippen LogP contribution is -2.45. The molecule has 1 atom stereocenters. The van der Waals surface area contributed by atoms with Crippen LogP contribution in [-0.2, 0) is 14.3 Å². The summed E-state index contributed by atoms with van der Waals surface area (Å²) < 4.78 is 18.4. The number of benzene rings is 2. The summed E-state index contributed by atoms with van der Waals surface area (Å²) in [5.41, 5.74) is 4.81. The van der Waals surface area contributed by atoms with Crippen LogP contribution >= 0.6 is 57.4 Å². The third-order valence-corrected chi connectivity index (χ3v) is 6.63. The molecular formula is C24H24I2N4O5S. The lowest BCUT2D eigenvalue weighted by atomic mass is 9.95. The maximum atomic E-state index is 12.7. The van der Waals surface area contributed by atoms with Crippen molar-refractivity contribution in [1.82, 2.24) is 16.1 Å². The molecule has 12 heteroatoms. The number of ether oxygens (including phenoxy) is 3. The molecule has 0 saturated heterocycles. The van der Waals surface area contributed by atoms with E-state index in [1.807, 2.05) is 18.2 Å². The molecule has 1 heterocycles. The van der Waals surface area contributed by atoms with Gasteiger partial charge in [-0.2, -0.15) is 5.10 Å². The van der Waals surface area contributed by atoms with Gasteiger partial charge in [0, 0.05) is 20.4 Å². The van der Waals surface area contributed by atoms with E-state index in [2.05, 4.69) is 66.3 Å². The van der Waals surface area contributed by atoms with Gasteiger partial charge >= 0.3 is 5.97 Å². The van der Waals surface area contributed by atoms with Crippen molar-refractivity contribution in [3.05, 3.63) is 65.9 Å². The molecule has 2 aromatic rings. The van der Waals surface area contributed by atoms with Crippen LogP contribution in [0.5, 0.6) is 11.5 Å². The molecule has 0 spiro atoms. The van der Waals surface area contributed by atoms with Crippen molar-refractivity contribution in [3.63, 3.8) is 0 Å². The third kappa shape index (κ3) is 7.06. The predicted octanol–water partition coefficient (Wildman–Crippen LogP) is 3.79. The molecule has 2 aromatic carbocycles. The summed E-state index contributed by atoms with van der Waals surface area (Å²) in [6.07, 6.45) is 1.52. The van der Waals surface area contributed by atoms with Crippen LogP contribution in [0.3, 0.4) is 0 Å². The first kappa shape index (κ1) is 28.1. The number of amides is 1. The van der Waals surface area contributed by atoms with E-state index in [0.717, 1.165) is 12.7 Å². The van der Waals surface area contributed by atoms with Crippen LogP contribution in [0, 0.1) is 7.14 Å². The molecule has 36 heavy (non-hydrogen) atoms. The third-order valence-electron chi connectivity index (χ3n) is 4.99. The largest absolute Gasteiger partial charge is 0.495 e. The number of para-hydroxylation sites is 1. The number of hydrazone groups is 1. The summed E-state index contributed by atoms with van der Waals surface area (Å²) in [5, 5.41) is 10.5. The smallest absolute Gasteiger partial charge is 0.338 e. The highest BCUT2D eigenvalue weighted by molar-refractivity contribution is 14.1. The Balaban J connectivity index is 1.73. The van der Waals surface area contributed by atoms with Gasteiger partial charge in [-0.15, -0.1) is 0 Å². The van der Waals surface area contributed by atoms with Crippen molar-refractivity contribution in [2.24, 2.45) is 5.10 Å². The van der Waals surface area contributed by atoms with Crippen LogP contribution in [-0.4, -0.2) is 43.5 Å². The number of rotatable bonds is 9. The fraction of sp³-hybridized carbons (Fsp3) is 0.250. The van der Waals surface area contributed by atoms with Crippen molar-refractivity contribution in [2.75, 3.05) is 20.3 Å². The highest BCUT2D eigenvalue weighted by atomic mass is 127. The van der Waals surface area contributed by atoms with Gasteiger partial charge in [-0.3, -0.25) is 4.79 Å². The second kappa shape index (κ2) is 13.2. The van der Waals surface area contributed by atoms with Gasteiger partial charge < -0.3 is 24.8 Å². The van der Waals surface area contributed by atoms with E-state index < -0.39 is 17.9 Å². The number of halogens is 2. The number of methoxy groups -OCH3 is 1. The molecule has 1 amide bonds. The van der Waals surface area contributed by atoms with Gasteiger partial charge in [0.05, 0.1) is 35.1 Å². The van der Waals surface area contributed by atoms with Gasteiger partial charge in [-0.05, 0) is 89.4 Å². The molecule has 0 fully saturated rings. The second-order valence-corrected chi connectivity index (χ2v) is 10.2. The molecule has 0 radical (unpaired) electrons. The molecular weight excluding hydrogens is 710 g/mol. The zero-order chi connectivity index (χ0) is 26.2. The molecule has 190 valence electrons. The van der Waals surface area contributed by atoms with E-state index >= 15 is 0 Å². The van der Waals surface area contributed by atoms with E-state index in [4.69, 9.17) is 26.4 Å². The maximum absolute atomic E-state index is 12.7. The summed E-state index contributed by atoms with van der Waals surface area (Å²) in [4.78, 5) is 25.1. The highest BCUT2D eigenvalue weighted by Gasteiger charge is 2.32. The number of thiocarbonyl (C=S) groups is 1. The SMILES string of the molecule is CCOC(=O)C1=C(C)NC(=S)N[C@@H]1c1ccccc1OCC(=O)NN=Cc1cc(I)cc(I)c1OC. The van der Waals surface area contributed by atoms with E-state index in [1.54, 1.807) is 39.2 Å². The second-order valence-electron chi connectivity index (χ2n) is 7.42. The standard InChI is InChI=1S/C24H24I2N4O5S/c1-4-34-23(32)20-13(2)28-24(36)29-21(20)16-7-5-6-8-18(16)35-12-19(31)30-27-11-14-9-15(25)10-17(26)22(14)33-3/h5-11,21H,4,12H2,1-3H3,(H,30,31)(H2,28,29,36)/t21-/m1/s1. The molecule has 0 unspecified atom stereocenters. The molecule has 0 aromatic heterocycles. The van der Waals surface area contributed by atoms with Gasteiger partial charge in [-0.1, -0.05) is 18.2 Å². The van der Waals surface area contributed by atoms with Crippen molar-refractivity contribution in [2.45, 2.75) is 19.9 Å². The minimum Gasteiger partial charge on any atom is -0.495 e. The van der Waals surface area contributed by atoms with Crippen LogP contribution in [0.1, 0.15) is 31.0 Å². The number of carbonyl (C=O) groups is 2. The average Bonchev–Trinajstić information content (AvgIpc) is 2.82. The number of hydrogen-bond donors (Lipinski definition) is 3. The Morgan fingerprint density at radius 2 is 2.00 bits per heavy atom. The Morgan fingerprint density at radius 3 is 2.72 bits per heavy atom. The summed E-state index contributed by atoms with van der Waals surface area (Å²) >= 11 is 9.68. The average molecular weight is 734 g/mol. The number of nitrogens with one attached hydrogen (secondary N) is 3. The Labute approximate surface area is 241 Å². The molecule has 3 N–H and O–H groups in total. The molecule has 9 nitrogen and oxygen atoms in total. The minimum atomic E-state index is -0.606. The zero-order valence-electron chi connectivity index (χ0n) is 19.7. The molecule has 1 aliphatic rings. The summed E-state index contributed by atoms with van der Waals surface area (Å²) in [6, 6.07) is 10.4. The molecule has 0 bridgehead atoms. The van der Waals surface area contributed by atoms with Crippen LogP contribution in [0.4, 0.5) is 0 Å². The topological polar surface area (TPSA) is 110 Å². The normalized spacial score (nSPS) is 15.2. The van der Waals surface area contributed by atoms with E-state index in [0.29, 0.717) is 33.4 Å². The Kier molecular flexibility index (Phi) is 10.3. The van der Waals surface area contributed by atoms with Gasteiger partial charge in [0.25, 0.3) is 5.91 Å². The summed E-state index contributed by atoms with van der Waals surface area (Å²) in [7, 11) is 1.58. The van der Waals surface area contributed by atoms with Gasteiger partial charge in [0.15, 0.2) is 11.7 Å². The fourth-order valence-electron chi connectivity index (χ4n) is 3.50. The van der Waals surface area contributed by atoms with Crippen LogP contribution < -0.4 is 25.5 Å². The number of nitrogens with zero attached hydrogens (tertiary/aromatic N) is 1. The Morgan fingerprint density at radius 1 is 1.25 bits per heavy atom. The van der Waals surface area contributed by atoms with Crippen LogP contribution in [0.2, 0.25) is 0 Å². The summed E-state index contributed by atoms with van der Waals surface area (Å²) in [6.45, 7) is 3.44. The number of allylic oxidation sites excluding steroid dienone is 1. The maximum Gasteiger partial charge on any atom is 0.338 e. The molecule has 0 aliphatic carbocycles. The Bertz CT molecular complexity index is 1230. The lowest BCUT2D eigenvalue weighted by Gasteiger charge is -2.30.